The van der Waals surface area contributed by atoms with Gasteiger partial charge in [-0.3, -0.25) is 0 Å². The van der Waals surface area contributed by atoms with Crippen LogP contribution in [0.1, 0.15) is 74.7 Å². The molecule has 0 N–H and O–H groups in total. The molecule has 0 aliphatic heterocycles. The van der Waals surface area contributed by atoms with E-state index in [9.17, 15) is 0 Å². The summed E-state index contributed by atoms with van der Waals surface area (Å²) in [5.74, 6) is 0. The lowest BCUT2D eigenvalue weighted by Gasteiger charge is -2.55. The van der Waals surface area contributed by atoms with Crippen molar-refractivity contribution in [2.75, 3.05) is 0 Å². The van der Waals surface area contributed by atoms with Crippen molar-refractivity contribution < 1.29 is 13.3 Å². The summed E-state index contributed by atoms with van der Waals surface area (Å²) in [4.78, 5) is 0. The average molecular weight is 507 g/mol. The Bertz CT molecular complexity index is 582. The summed E-state index contributed by atoms with van der Waals surface area (Å²) in [7, 11) is -6.94. The van der Waals surface area contributed by atoms with Gasteiger partial charge in [0.05, 0.1) is 18.9 Å². The van der Waals surface area contributed by atoms with Crippen LogP contribution in [-0.2, 0) is 13.3 Å². The molecule has 0 fully saturated rings. The zero-order chi connectivity index (χ0) is 25.3. The molecule has 0 aliphatic rings. The standard InChI is InChI=1S/C24H58O3Si4/c1-18-22(6,28(9)25-23(7,19-2)29(10,11)12)21(4,5)26-31(16,17)24(8,20-3)27-30(13,14)15/h28H,18-20H2,1-17H3/t22?,23-,24+,28?/m0/s1. The minimum atomic E-state index is -2.19. The Hall–Kier alpha value is 0.748. The van der Waals surface area contributed by atoms with Crippen LogP contribution < -0.4 is 0 Å². The molecule has 7 heteroatoms. The molecule has 0 aromatic heterocycles. The van der Waals surface area contributed by atoms with Gasteiger partial charge in [-0.05, 0) is 86.2 Å². The summed E-state index contributed by atoms with van der Waals surface area (Å²) in [5.41, 5.74) is -0.267. The molecule has 0 rings (SSSR count). The van der Waals surface area contributed by atoms with Crippen molar-refractivity contribution in [1.29, 1.82) is 0 Å². The van der Waals surface area contributed by atoms with Crippen LogP contribution in [0.15, 0.2) is 0 Å². The molecular formula is C24H58O3Si4. The van der Waals surface area contributed by atoms with Gasteiger partial charge in [0.15, 0.2) is 17.4 Å². The number of rotatable bonds is 13. The van der Waals surface area contributed by atoms with Crippen LogP contribution in [0.4, 0.5) is 0 Å². The quantitative estimate of drug-likeness (QED) is 0.236. The van der Waals surface area contributed by atoms with E-state index in [1.165, 1.54) is 0 Å². The third-order valence-electron chi connectivity index (χ3n) is 8.70. The van der Waals surface area contributed by atoms with E-state index in [1.54, 1.807) is 0 Å². The first-order valence-corrected chi connectivity index (χ1v) is 24.6. The van der Waals surface area contributed by atoms with Crippen molar-refractivity contribution in [2.45, 2.75) is 155 Å². The highest BCUT2D eigenvalue weighted by Gasteiger charge is 2.55. The molecule has 0 aliphatic carbocycles. The molecule has 0 amide bonds. The first-order chi connectivity index (χ1) is 13.5. The molecule has 0 aromatic carbocycles. The normalized spacial score (nSPS) is 21.2. The van der Waals surface area contributed by atoms with E-state index < -0.39 is 33.7 Å². The van der Waals surface area contributed by atoms with Gasteiger partial charge < -0.3 is 13.3 Å². The predicted molar refractivity (Wildman–Crippen MR) is 151 cm³/mol. The SMILES string of the molecule is CCC(C)([SiH](C)O[C@](C)(CC)[Si](C)(C)C)C(C)(C)O[Si](C)(C)[C@](C)(CC)O[Si](C)(C)C. The van der Waals surface area contributed by atoms with Gasteiger partial charge in [0.25, 0.3) is 0 Å². The van der Waals surface area contributed by atoms with Gasteiger partial charge in [0, 0.05) is 10.3 Å². The van der Waals surface area contributed by atoms with Crippen LogP contribution in [0, 0.1) is 0 Å². The average Bonchev–Trinajstić information content (AvgIpc) is 2.56. The van der Waals surface area contributed by atoms with Gasteiger partial charge in [0.2, 0.25) is 8.32 Å². The smallest absolute Gasteiger partial charge is 0.217 e. The lowest BCUT2D eigenvalue weighted by Crippen LogP contribution is -2.65. The van der Waals surface area contributed by atoms with E-state index in [4.69, 9.17) is 13.3 Å². The van der Waals surface area contributed by atoms with Crippen LogP contribution in [0.25, 0.3) is 0 Å². The first kappa shape index (κ1) is 31.7. The minimum absolute atomic E-state index is 0.0109. The summed E-state index contributed by atoms with van der Waals surface area (Å²) in [6, 6.07) is 0. The molecule has 0 aromatic rings. The third kappa shape index (κ3) is 7.12. The molecule has 0 heterocycles. The Morgan fingerprint density at radius 3 is 1.35 bits per heavy atom. The van der Waals surface area contributed by atoms with E-state index in [1.807, 2.05) is 0 Å². The Morgan fingerprint density at radius 2 is 1.06 bits per heavy atom. The Labute approximate surface area is 201 Å². The van der Waals surface area contributed by atoms with Crippen LogP contribution in [0.3, 0.4) is 0 Å². The summed E-state index contributed by atoms with van der Waals surface area (Å²) >= 11 is 0. The van der Waals surface area contributed by atoms with Crippen molar-refractivity contribution >= 4 is 33.7 Å². The Balaban J connectivity index is 6.07. The lowest BCUT2D eigenvalue weighted by atomic mass is 9.89. The second kappa shape index (κ2) is 10.2. The Kier molecular flexibility index (Phi) is 10.4. The van der Waals surface area contributed by atoms with Crippen molar-refractivity contribution in [3.05, 3.63) is 0 Å². The lowest BCUT2D eigenvalue weighted by molar-refractivity contribution is 0.00797. The molecular weight excluding hydrogens is 449 g/mol. The fourth-order valence-corrected chi connectivity index (χ4v) is 16.6. The minimum Gasteiger partial charge on any atom is -0.417 e. The van der Waals surface area contributed by atoms with Crippen LogP contribution >= 0.6 is 0 Å². The highest BCUT2D eigenvalue weighted by Crippen LogP contribution is 2.51. The summed E-state index contributed by atoms with van der Waals surface area (Å²) < 4.78 is 21.1. The largest absolute Gasteiger partial charge is 0.417 e. The summed E-state index contributed by atoms with van der Waals surface area (Å²) in [6.07, 6.45) is 3.14. The molecule has 31 heavy (non-hydrogen) atoms. The van der Waals surface area contributed by atoms with Gasteiger partial charge >= 0.3 is 0 Å². The molecule has 188 valence electrons. The van der Waals surface area contributed by atoms with E-state index >= 15 is 0 Å². The van der Waals surface area contributed by atoms with Crippen LogP contribution in [0.5, 0.6) is 0 Å². The maximum Gasteiger partial charge on any atom is 0.217 e. The van der Waals surface area contributed by atoms with Crippen molar-refractivity contribution in [3.8, 4) is 0 Å². The fourth-order valence-electron chi connectivity index (χ4n) is 4.67. The van der Waals surface area contributed by atoms with Gasteiger partial charge in [0.1, 0.15) is 0 Å². The second-order valence-corrected chi connectivity index (χ2v) is 30.4. The third-order valence-corrected chi connectivity index (χ3v) is 21.6. The topological polar surface area (TPSA) is 27.7 Å². The maximum absolute atomic E-state index is 7.24. The summed E-state index contributed by atoms with van der Waals surface area (Å²) in [6.45, 7) is 39.9. The molecule has 0 bridgehead atoms. The number of hydrogen-bond acceptors (Lipinski definition) is 3. The van der Waals surface area contributed by atoms with Crippen molar-refractivity contribution in [3.63, 3.8) is 0 Å². The van der Waals surface area contributed by atoms with E-state index in [0.717, 1.165) is 19.3 Å². The highest BCUT2D eigenvalue weighted by atomic mass is 28.4. The zero-order valence-corrected chi connectivity index (χ0v) is 28.6. The van der Waals surface area contributed by atoms with E-state index in [-0.39, 0.29) is 21.1 Å². The second-order valence-electron chi connectivity index (χ2n) is 13.3. The van der Waals surface area contributed by atoms with E-state index in [2.05, 4.69) is 114 Å². The monoisotopic (exact) mass is 506 g/mol. The maximum atomic E-state index is 7.24. The van der Waals surface area contributed by atoms with E-state index in [0.29, 0.717) is 0 Å². The van der Waals surface area contributed by atoms with Gasteiger partial charge in [-0.2, -0.15) is 0 Å². The molecule has 0 saturated carbocycles. The first-order valence-electron chi connectivity index (χ1n) is 12.6. The van der Waals surface area contributed by atoms with Crippen LogP contribution in [0.2, 0.25) is 64.0 Å². The van der Waals surface area contributed by atoms with Crippen molar-refractivity contribution in [2.24, 2.45) is 0 Å². The van der Waals surface area contributed by atoms with Gasteiger partial charge in [-0.15, -0.1) is 0 Å². The number of hydrogen-bond donors (Lipinski definition) is 0. The molecule has 0 spiro atoms. The fraction of sp³-hybridized carbons (Fsp3) is 1.00. The molecule has 0 radical (unpaired) electrons. The van der Waals surface area contributed by atoms with Crippen LogP contribution in [-0.4, -0.2) is 49.8 Å². The molecule has 2 unspecified atom stereocenters. The summed E-state index contributed by atoms with van der Waals surface area (Å²) in [5, 5.41) is -0.149. The van der Waals surface area contributed by atoms with Gasteiger partial charge in [-0.1, -0.05) is 47.3 Å². The highest BCUT2D eigenvalue weighted by molar-refractivity contribution is 6.79. The molecule has 3 nitrogen and oxygen atoms in total. The predicted octanol–water partition coefficient (Wildman–Crippen LogP) is 8.13. The molecule has 0 saturated heterocycles. The zero-order valence-electron chi connectivity index (χ0n) is 24.4. The Morgan fingerprint density at radius 1 is 0.645 bits per heavy atom. The molecule has 4 atom stereocenters. The van der Waals surface area contributed by atoms with Gasteiger partial charge in [-0.25, -0.2) is 0 Å². The van der Waals surface area contributed by atoms with Crippen molar-refractivity contribution in [1.82, 2.24) is 0 Å².